The van der Waals surface area contributed by atoms with E-state index in [1.807, 2.05) is 11.3 Å². The van der Waals surface area contributed by atoms with Crippen LogP contribution in [0.2, 0.25) is 0 Å². The summed E-state index contributed by atoms with van der Waals surface area (Å²) in [5.74, 6) is 0. The summed E-state index contributed by atoms with van der Waals surface area (Å²) in [6, 6.07) is 113. The van der Waals surface area contributed by atoms with Gasteiger partial charge in [-0.3, -0.25) is 0 Å². The van der Waals surface area contributed by atoms with E-state index in [0.29, 0.717) is 0 Å². The summed E-state index contributed by atoms with van der Waals surface area (Å²) < 4.78 is 5.12. The maximum Gasteiger partial charge on any atom is 0.0714 e. The largest absolute Gasteiger partial charge is 0.310 e. The van der Waals surface area contributed by atoms with Crippen LogP contribution in [-0.4, -0.2) is 4.57 Å². The molecule has 0 amide bonds. The fourth-order valence-corrected chi connectivity index (χ4v) is 14.6. The lowest BCUT2D eigenvalue weighted by Crippen LogP contribution is -2.28. The van der Waals surface area contributed by atoms with Crippen LogP contribution in [0.1, 0.15) is 22.3 Å². The highest BCUT2D eigenvalue weighted by molar-refractivity contribution is 7.26. The molecule has 0 N–H and O–H groups in total. The molecule has 13 aromatic carbocycles. The first-order valence-electron chi connectivity index (χ1n) is 27.6. The predicted octanol–water partition coefficient (Wildman–Crippen LogP) is 21.1. The Balaban J connectivity index is 0.996. The second kappa shape index (κ2) is 18.6. The van der Waals surface area contributed by atoms with Gasteiger partial charge < -0.3 is 9.47 Å². The molecule has 2 heterocycles. The molecule has 1 aliphatic rings. The Hall–Kier alpha value is -10.1. The van der Waals surface area contributed by atoms with Crippen LogP contribution in [0.4, 0.5) is 17.1 Å². The Morgan fingerprint density at radius 1 is 0.325 bits per heavy atom. The number of hydrogen-bond acceptors (Lipinski definition) is 2. The molecule has 0 atom stereocenters. The van der Waals surface area contributed by atoms with Crippen LogP contribution >= 0.6 is 11.3 Å². The average molecular weight is 1040 g/mol. The first-order valence-corrected chi connectivity index (χ1v) is 28.4. The molecule has 15 aromatic rings. The molecule has 0 radical (unpaired) electrons. The topological polar surface area (TPSA) is 8.17 Å². The molecule has 0 aliphatic heterocycles. The Bertz CT molecular complexity index is 4800. The second-order valence-electron chi connectivity index (χ2n) is 21.1. The second-order valence-corrected chi connectivity index (χ2v) is 22.2. The lowest BCUT2D eigenvalue weighted by Gasteiger charge is -2.35. The maximum absolute atomic E-state index is 2.55. The lowest BCUT2D eigenvalue weighted by atomic mass is 9.67. The quantitative estimate of drug-likeness (QED) is 0.140. The monoisotopic (exact) mass is 1030 g/mol. The predicted molar refractivity (Wildman–Crippen MR) is 339 cm³/mol. The summed E-state index contributed by atoms with van der Waals surface area (Å²) in [7, 11) is 0. The van der Waals surface area contributed by atoms with E-state index in [9.17, 15) is 0 Å². The summed E-state index contributed by atoms with van der Waals surface area (Å²) in [6.45, 7) is 0. The van der Waals surface area contributed by atoms with Crippen molar-refractivity contribution in [1.29, 1.82) is 0 Å². The minimum Gasteiger partial charge on any atom is -0.310 e. The van der Waals surface area contributed by atoms with Crippen LogP contribution in [0.3, 0.4) is 0 Å². The van der Waals surface area contributed by atoms with Gasteiger partial charge in [-0.1, -0.05) is 237 Å². The Labute approximate surface area is 469 Å². The molecule has 80 heavy (non-hydrogen) atoms. The smallest absolute Gasteiger partial charge is 0.0714 e. The third-order valence-corrected chi connectivity index (χ3v) is 18.0. The standard InChI is InChI=1S/C77H50N2S/c1-6-21-51(22-7-1)53-37-40-59(41-38-53)78(60-42-44-65-64-34-18-19-36-70(64)77(71(65)48-60,56-27-10-3-11-28-56)57-29-12-4-13-30-57)61-43-45-66-72(49-61)79(58-31-14-5-15-32-58)75-68(63-35-20-26-54-25-16-17-33-62(54)63)50-69-67-47-55(52-23-8-2-9-24-52)39-46-73(67)80-76(69)74(66)75/h1-50H. The minimum absolute atomic E-state index is 0.563. The zero-order valence-corrected chi connectivity index (χ0v) is 44.5. The molecule has 374 valence electrons. The highest BCUT2D eigenvalue weighted by atomic mass is 32.1. The van der Waals surface area contributed by atoms with E-state index in [-0.39, 0.29) is 0 Å². The summed E-state index contributed by atoms with van der Waals surface area (Å²) in [5, 5.41) is 7.48. The maximum atomic E-state index is 2.55. The van der Waals surface area contributed by atoms with Crippen molar-refractivity contribution in [3.05, 3.63) is 326 Å². The van der Waals surface area contributed by atoms with Crippen molar-refractivity contribution >= 4 is 81.1 Å². The van der Waals surface area contributed by atoms with E-state index >= 15 is 0 Å². The molecule has 1 aliphatic carbocycles. The fraction of sp³-hybridized carbons (Fsp3) is 0.0130. The molecule has 0 saturated heterocycles. The van der Waals surface area contributed by atoms with Crippen molar-refractivity contribution in [2.45, 2.75) is 5.41 Å². The number of fused-ring (bicyclic) bond motifs is 11. The van der Waals surface area contributed by atoms with E-state index in [0.717, 1.165) is 28.3 Å². The minimum atomic E-state index is -0.563. The Kier molecular flexibility index (Phi) is 10.7. The van der Waals surface area contributed by atoms with E-state index in [1.54, 1.807) is 0 Å². The van der Waals surface area contributed by atoms with Gasteiger partial charge in [0.05, 0.1) is 16.4 Å². The van der Waals surface area contributed by atoms with Crippen LogP contribution in [0.25, 0.3) is 103 Å². The molecule has 0 unspecified atom stereocenters. The van der Waals surface area contributed by atoms with Crippen molar-refractivity contribution in [2.75, 3.05) is 4.90 Å². The van der Waals surface area contributed by atoms with Crippen molar-refractivity contribution < 1.29 is 0 Å². The van der Waals surface area contributed by atoms with Crippen molar-refractivity contribution in [3.63, 3.8) is 0 Å². The van der Waals surface area contributed by atoms with Crippen LogP contribution in [0.5, 0.6) is 0 Å². The van der Waals surface area contributed by atoms with Gasteiger partial charge in [0.2, 0.25) is 0 Å². The molecule has 16 rings (SSSR count). The molecule has 0 saturated carbocycles. The average Bonchev–Trinajstić information content (AvgIpc) is 4.39. The van der Waals surface area contributed by atoms with E-state index in [4.69, 9.17) is 0 Å². The summed E-state index contributed by atoms with van der Waals surface area (Å²) in [6.07, 6.45) is 0. The van der Waals surface area contributed by atoms with Crippen LogP contribution in [0.15, 0.2) is 303 Å². The number of thiophene rings is 1. The molecule has 0 spiro atoms. The number of anilines is 3. The van der Waals surface area contributed by atoms with Crippen molar-refractivity contribution in [1.82, 2.24) is 4.57 Å². The highest BCUT2D eigenvalue weighted by Crippen LogP contribution is 2.58. The van der Waals surface area contributed by atoms with Crippen molar-refractivity contribution in [3.8, 4) is 50.2 Å². The van der Waals surface area contributed by atoms with Gasteiger partial charge in [0.25, 0.3) is 0 Å². The Morgan fingerprint density at radius 3 is 1.61 bits per heavy atom. The third kappa shape index (κ3) is 7.11. The summed E-state index contributed by atoms with van der Waals surface area (Å²) in [5.41, 5.74) is 20.9. The van der Waals surface area contributed by atoms with Gasteiger partial charge in [-0.25, -0.2) is 0 Å². The third-order valence-electron chi connectivity index (χ3n) is 16.8. The van der Waals surface area contributed by atoms with Crippen LogP contribution in [-0.2, 0) is 5.41 Å². The van der Waals surface area contributed by atoms with E-state index in [1.165, 1.54) is 114 Å². The molecule has 2 nitrogen and oxygen atoms in total. The van der Waals surface area contributed by atoms with Gasteiger partial charge in [0.15, 0.2) is 0 Å². The number of hydrogen-bond donors (Lipinski definition) is 0. The number of para-hydroxylation sites is 1. The zero-order chi connectivity index (χ0) is 52.7. The number of aromatic nitrogens is 1. The first kappa shape index (κ1) is 46.1. The van der Waals surface area contributed by atoms with Gasteiger partial charge in [-0.2, -0.15) is 0 Å². The van der Waals surface area contributed by atoms with E-state index in [2.05, 4.69) is 313 Å². The Morgan fingerprint density at radius 2 is 0.875 bits per heavy atom. The molecule has 2 aromatic heterocycles. The number of rotatable bonds is 9. The van der Waals surface area contributed by atoms with Gasteiger partial charge in [-0.15, -0.1) is 11.3 Å². The van der Waals surface area contributed by atoms with Crippen molar-refractivity contribution in [2.24, 2.45) is 0 Å². The van der Waals surface area contributed by atoms with Crippen LogP contribution in [0, 0.1) is 0 Å². The number of benzene rings is 13. The van der Waals surface area contributed by atoms with Gasteiger partial charge >= 0.3 is 0 Å². The fourth-order valence-electron chi connectivity index (χ4n) is 13.3. The number of nitrogens with zero attached hydrogens (tertiary/aromatic N) is 2. The molecule has 0 fully saturated rings. The van der Waals surface area contributed by atoms with Gasteiger partial charge in [-0.05, 0) is 139 Å². The molecular formula is C77H50N2S. The summed E-state index contributed by atoms with van der Waals surface area (Å²) in [4.78, 5) is 2.48. The summed E-state index contributed by atoms with van der Waals surface area (Å²) >= 11 is 1.91. The zero-order valence-electron chi connectivity index (χ0n) is 43.7. The lowest BCUT2D eigenvalue weighted by molar-refractivity contribution is 0.768. The van der Waals surface area contributed by atoms with Crippen LogP contribution < -0.4 is 4.90 Å². The van der Waals surface area contributed by atoms with Gasteiger partial charge in [0, 0.05) is 59.3 Å². The SMILES string of the molecule is c1ccc(-c2ccc(N(c3ccc4c(c3)C(c3ccccc3)(c3ccccc3)c3ccccc3-4)c3ccc4c5c6sc7ccc(-c8ccccc8)cc7c6cc(-c6cccc7ccccc67)c5n(-c5ccccc5)c4c3)cc2)cc1. The molecule has 0 bridgehead atoms. The highest BCUT2D eigenvalue weighted by Gasteiger charge is 2.46. The normalized spacial score (nSPS) is 12.6. The first-order chi connectivity index (χ1) is 39.7. The van der Waals surface area contributed by atoms with Gasteiger partial charge in [0.1, 0.15) is 0 Å². The molecular weight excluding hydrogens is 985 g/mol. The van der Waals surface area contributed by atoms with E-state index < -0.39 is 5.41 Å². The molecule has 3 heteroatoms.